The molecule has 3 aromatic rings. The second-order valence-corrected chi connectivity index (χ2v) is 3.91. The van der Waals surface area contributed by atoms with Crippen molar-refractivity contribution in [3.8, 4) is 17.6 Å². The maximum atomic E-state index is 9.04. The zero-order valence-corrected chi connectivity index (χ0v) is 9.95. The van der Waals surface area contributed by atoms with Crippen molar-refractivity contribution in [2.45, 2.75) is 0 Å². The molecule has 0 fully saturated rings. The zero-order valence-electron chi connectivity index (χ0n) is 9.95. The van der Waals surface area contributed by atoms with Gasteiger partial charge in [-0.2, -0.15) is 5.26 Å². The van der Waals surface area contributed by atoms with Gasteiger partial charge in [0.05, 0.1) is 17.3 Å². The largest absolute Gasteiger partial charge is 0.454 e. The number of fused-ring (bicyclic) bond motifs is 1. The van der Waals surface area contributed by atoms with Crippen LogP contribution in [0.3, 0.4) is 0 Å². The van der Waals surface area contributed by atoms with E-state index in [4.69, 9.17) is 10.00 Å². The van der Waals surface area contributed by atoms with Crippen molar-refractivity contribution in [3.63, 3.8) is 0 Å². The van der Waals surface area contributed by atoms with Crippen LogP contribution < -0.4 is 4.74 Å². The molecular formula is C15H9N3O. The van der Waals surface area contributed by atoms with E-state index in [0.717, 1.165) is 10.9 Å². The Morgan fingerprint density at radius 2 is 1.95 bits per heavy atom. The number of hydrogen-bond donors (Lipinski definition) is 0. The molecular weight excluding hydrogens is 238 g/mol. The van der Waals surface area contributed by atoms with Gasteiger partial charge >= 0.3 is 0 Å². The first-order chi connectivity index (χ1) is 9.38. The average Bonchev–Trinajstić information content (AvgIpc) is 2.48. The first-order valence-corrected chi connectivity index (χ1v) is 5.74. The van der Waals surface area contributed by atoms with Crippen LogP contribution in [0.5, 0.6) is 11.5 Å². The van der Waals surface area contributed by atoms with E-state index in [9.17, 15) is 0 Å². The standard InChI is InChI=1S/C15H9N3O/c16-9-11-6-8-17-10-15(11)19-14-5-1-4-13-12(14)3-2-7-18-13/h1-8,10H. The van der Waals surface area contributed by atoms with Gasteiger partial charge in [-0.3, -0.25) is 9.97 Å². The van der Waals surface area contributed by atoms with Crippen LogP contribution in [0.25, 0.3) is 10.9 Å². The second-order valence-electron chi connectivity index (χ2n) is 3.91. The van der Waals surface area contributed by atoms with E-state index in [1.54, 1.807) is 18.5 Å². The summed E-state index contributed by atoms with van der Waals surface area (Å²) in [7, 11) is 0. The first kappa shape index (κ1) is 11.2. The van der Waals surface area contributed by atoms with Gasteiger partial charge in [-0.1, -0.05) is 6.07 Å². The molecule has 0 atom stereocenters. The van der Waals surface area contributed by atoms with Gasteiger partial charge in [0.15, 0.2) is 5.75 Å². The summed E-state index contributed by atoms with van der Waals surface area (Å²) in [5, 5.41) is 9.94. The Hall–Kier alpha value is -2.93. The summed E-state index contributed by atoms with van der Waals surface area (Å²) < 4.78 is 5.79. The van der Waals surface area contributed by atoms with Gasteiger partial charge in [0.2, 0.25) is 0 Å². The molecule has 1 aromatic carbocycles. The Kier molecular flexibility index (Phi) is 2.79. The third-order valence-electron chi connectivity index (χ3n) is 2.73. The van der Waals surface area contributed by atoms with Gasteiger partial charge in [0.1, 0.15) is 11.8 Å². The van der Waals surface area contributed by atoms with Crippen molar-refractivity contribution in [1.29, 1.82) is 5.26 Å². The highest BCUT2D eigenvalue weighted by Crippen LogP contribution is 2.29. The van der Waals surface area contributed by atoms with E-state index < -0.39 is 0 Å². The lowest BCUT2D eigenvalue weighted by Gasteiger charge is -2.08. The van der Waals surface area contributed by atoms with Crippen LogP contribution in [0.4, 0.5) is 0 Å². The Labute approximate surface area is 109 Å². The lowest BCUT2D eigenvalue weighted by Crippen LogP contribution is -1.90. The highest BCUT2D eigenvalue weighted by Gasteiger charge is 2.07. The van der Waals surface area contributed by atoms with E-state index in [-0.39, 0.29) is 0 Å². The molecule has 19 heavy (non-hydrogen) atoms. The third-order valence-corrected chi connectivity index (χ3v) is 2.73. The molecule has 0 unspecified atom stereocenters. The lowest BCUT2D eigenvalue weighted by molar-refractivity contribution is 0.484. The Morgan fingerprint density at radius 3 is 2.84 bits per heavy atom. The van der Waals surface area contributed by atoms with Crippen molar-refractivity contribution < 1.29 is 4.74 Å². The number of benzene rings is 1. The molecule has 4 nitrogen and oxygen atoms in total. The van der Waals surface area contributed by atoms with E-state index in [0.29, 0.717) is 17.1 Å². The SMILES string of the molecule is N#Cc1ccncc1Oc1cccc2ncccc12. The molecule has 0 N–H and O–H groups in total. The van der Waals surface area contributed by atoms with Crippen molar-refractivity contribution >= 4 is 10.9 Å². The Balaban J connectivity index is 2.09. The minimum Gasteiger partial charge on any atom is -0.454 e. The highest BCUT2D eigenvalue weighted by molar-refractivity contribution is 5.85. The van der Waals surface area contributed by atoms with E-state index in [2.05, 4.69) is 16.0 Å². The van der Waals surface area contributed by atoms with Crippen LogP contribution in [-0.4, -0.2) is 9.97 Å². The van der Waals surface area contributed by atoms with Crippen molar-refractivity contribution in [3.05, 3.63) is 60.6 Å². The quantitative estimate of drug-likeness (QED) is 0.697. The molecule has 0 aliphatic heterocycles. The highest BCUT2D eigenvalue weighted by atomic mass is 16.5. The topological polar surface area (TPSA) is 58.8 Å². The summed E-state index contributed by atoms with van der Waals surface area (Å²) >= 11 is 0. The van der Waals surface area contributed by atoms with Crippen molar-refractivity contribution in [2.75, 3.05) is 0 Å². The number of aromatic nitrogens is 2. The molecule has 2 aromatic heterocycles. The molecule has 0 aliphatic carbocycles. The predicted octanol–water partition coefficient (Wildman–Crippen LogP) is 3.29. The summed E-state index contributed by atoms with van der Waals surface area (Å²) in [6, 6.07) is 13.1. The van der Waals surface area contributed by atoms with Gasteiger partial charge < -0.3 is 4.74 Å². The number of hydrogen-bond acceptors (Lipinski definition) is 4. The number of pyridine rings is 2. The van der Waals surface area contributed by atoms with E-state index in [1.165, 1.54) is 6.20 Å². The van der Waals surface area contributed by atoms with Gasteiger partial charge in [-0.25, -0.2) is 0 Å². The van der Waals surface area contributed by atoms with Crippen LogP contribution >= 0.6 is 0 Å². The first-order valence-electron chi connectivity index (χ1n) is 5.74. The lowest BCUT2D eigenvalue weighted by atomic mass is 10.2. The van der Waals surface area contributed by atoms with Gasteiger partial charge in [-0.15, -0.1) is 0 Å². The average molecular weight is 247 g/mol. The molecule has 0 aliphatic rings. The van der Waals surface area contributed by atoms with Gasteiger partial charge in [0.25, 0.3) is 0 Å². The van der Waals surface area contributed by atoms with E-state index >= 15 is 0 Å². The van der Waals surface area contributed by atoms with Crippen LogP contribution in [0, 0.1) is 11.3 Å². The zero-order chi connectivity index (χ0) is 13.1. The van der Waals surface area contributed by atoms with Crippen molar-refractivity contribution in [1.82, 2.24) is 9.97 Å². The number of ether oxygens (including phenoxy) is 1. The minimum atomic E-state index is 0.446. The van der Waals surface area contributed by atoms with Crippen LogP contribution in [0.1, 0.15) is 5.56 Å². The summed E-state index contributed by atoms with van der Waals surface area (Å²) in [4.78, 5) is 8.24. The smallest absolute Gasteiger partial charge is 0.163 e. The Morgan fingerprint density at radius 1 is 1.00 bits per heavy atom. The molecule has 0 amide bonds. The molecule has 0 saturated heterocycles. The monoisotopic (exact) mass is 247 g/mol. The second kappa shape index (κ2) is 4.75. The molecule has 3 rings (SSSR count). The summed E-state index contributed by atoms with van der Waals surface area (Å²) in [6.45, 7) is 0. The molecule has 0 saturated carbocycles. The maximum absolute atomic E-state index is 9.04. The third kappa shape index (κ3) is 2.09. The maximum Gasteiger partial charge on any atom is 0.163 e. The van der Waals surface area contributed by atoms with E-state index in [1.807, 2.05) is 30.3 Å². The number of rotatable bonds is 2. The molecule has 0 radical (unpaired) electrons. The summed E-state index contributed by atoms with van der Waals surface area (Å²) in [6.07, 6.45) is 4.83. The fourth-order valence-electron chi connectivity index (χ4n) is 1.84. The summed E-state index contributed by atoms with van der Waals surface area (Å²) in [5.41, 5.74) is 1.30. The Bertz CT molecular complexity index is 772. The molecule has 90 valence electrons. The fraction of sp³-hybridized carbons (Fsp3) is 0. The molecule has 2 heterocycles. The fourth-order valence-corrected chi connectivity index (χ4v) is 1.84. The van der Waals surface area contributed by atoms with Gasteiger partial charge in [0, 0.05) is 17.8 Å². The normalized spacial score (nSPS) is 10.1. The number of nitriles is 1. The van der Waals surface area contributed by atoms with Crippen LogP contribution in [0.15, 0.2) is 55.0 Å². The molecule has 0 bridgehead atoms. The predicted molar refractivity (Wildman–Crippen MR) is 70.8 cm³/mol. The molecule has 0 spiro atoms. The number of nitrogens with zero attached hydrogens (tertiary/aromatic N) is 3. The minimum absolute atomic E-state index is 0.446. The van der Waals surface area contributed by atoms with Crippen LogP contribution in [0.2, 0.25) is 0 Å². The van der Waals surface area contributed by atoms with Crippen LogP contribution in [-0.2, 0) is 0 Å². The van der Waals surface area contributed by atoms with Crippen molar-refractivity contribution in [2.24, 2.45) is 0 Å². The summed E-state index contributed by atoms with van der Waals surface area (Å²) in [5.74, 6) is 1.11. The van der Waals surface area contributed by atoms with Gasteiger partial charge in [-0.05, 0) is 30.3 Å². The molecule has 4 heteroatoms.